The first-order chi connectivity index (χ1) is 17.1. The van der Waals surface area contributed by atoms with Gasteiger partial charge < -0.3 is 14.6 Å². The molecule has 0 aliphatic carbocycles. The van der Waals surface area contributed by atoms with E-state index in [9.17, 15) is 9.59 Å². The normalized spacial score (nSPS) is 21.2. The van der Waals surface area contributed by atoms with Gasteiger partial charge >= 0.3 is 5.97 Å². The van der Waals surface area contributed by atoms with Crippen molar-refractivity contribution in [3.63, 3.8) is 0 Å². The summed E-state index contributed by atoms with van der Waals surface area (Å²) in [6.07, 6.45) is 0.610. The largest absolute Gasteiger partial charge is 0.462 e. The maximum Gasteiger partial charge on any atom is 0.338 e. The van der Waals surface area contributed by atoms with Gasteiger partial charge in [0.15, 0.2) is 5.78 Å². The van der Waals surface area contributed by atoms with Crippen LogP contribution in [0.3, 0.4) is 0 Å². The van der Waals surface area contributed by atoms with Crippen LogP contribution in [0.4, 0.5) is 0 Å². The zero-order chi connectivity index (χ0) is 24.1. The molecule has 0 saturated carbocycles. The van der Waals surface area contributed by atoms with Crippen LogP contribution in [-0.4, -0.2) is 39.3 Å². The number of para-hydroxylation sites is 1. The molecule has 3 atom stereocenters. The first kappa shape index (κ1) is 21.7. The molecule has 0 spiro atoms. The first-order valence-electron chi connectivity index (χ1n) is 11.9. The van der Waals surface area contributed by atoms with E-state index in [1.165, 1.54) is 5.56 Å². The Morgan fingerprint density at radius 2 is 1.71 bits per heavy atom. The average molecular weight is 481 g/mol. The number of fused-ring (bicyclic) bond motifs is 4. The fourth-order valence-electron chi connectivity index (χ4n) is 5.56. The Hall–Kier alpha value is -3.77. The van der Waals surface area contributed by atoms with Crippen molar-refractivity contribution in [1.82, 2.24) is 9.88 Å². The number of esters is 1. The molecule has 174 valence electrons. The van der Waals surface area contributed by atoms with Crippen molar-refractivity contribution in [2.45, 2.75) is 31.3 Å². The van der Waals surface area contributed by atoms with Gasteiger partial charge in [-0.2, -0.15) is 0 Å². The second-order valence-electron chi connectivity index (χ2n) is 9.02. The van der Waals surface area contributed by atoms with Crippen LogP contribution in [0.15, 0.2) is 78.9 Å². The Kier molecular flexibility index (Phi) is 5.26. The number of Topliss-reactive ketones (excluding diaryl/α,β-unsaturated/α-hetero) is 1. The molecule has 1 fully saturated rings. The smallest absolute Gasteiger partial charge is 0.338 e. The third-order valence-corrected chi connectivity index (χ3v) is 7.56. The van der Waals surface area contributed by atoms with Gasteiger partial charge in [-0.3, -0.25) is 4.79 Å². The lowest BCUT2D eigenvalue weighted by Crippen LogP contribution is -2.43. The molecule has 3 heterocycles. The number of aromatic amines is 1. The molecule has 6 heteroatoms. The summed E-state index contributed by atoms with van der Waals surface area (Å²) in [5.74, 6) is -0.783. The van der Waals surface area contributed by atoms with Crippen LogP contribution in [0.25, 0.3) is 10.9 Å². The summed E-state index contributed by atoms with van der Waals surface area (Å²) in [4.78, 5) is 32.4. The number of thiocarbonyl (C=S) groups is 1. The van der Waals surface area contributed by atoms with Gasteiger partial charge in [-0.25, -0.2) is 4.79 Å². The molecule has 2 aliphatic heterocycles. The predicted octanol–water partition coefficient (Wildman–Crippen LogP) is 5.35. The fourth-order valence-corrected chi connectivity index (χ4v) is 6.05. The van der Waals surface area contributed by atoms with Gasteiger partial charge in [0.2, 0.25) is 0 Å². The number of nitrogens with zero attached hydrogens (tertiary/aromatic N) is 1. The lowest BCUT2D eigenvalue weighted by Gasteiger charge is -2.38. The van der Waals surface area contributed by atoms with Crippen LogP contribution in [0.2, 0.25) is 0 Å². The highest BCUT2D eigenvalue weighted by molar-refractivity contribution is 7.80. The number of benzene rings is 3. The average Bonchev–Trinajstić information content (AvgIpc) is 3.38. The Morgan fingerprint density at radius 3 is 2.46 bits per heavy atom. The molecule has 2 aliphatic rings. The fraction of sp³-hybridized carbons (Fsp3) is 0.207. The van der Waals surface area contributed by atoms with Gasteiger partial charge in [0, 0.05) is 23.0 Å². The first-order valence-corrected chi connectivity index (χ1v) is 12.3. The van der Waals surface area contributed by atoms with Gasteiger partial charge in [0.05, 0.1) is 35.2 Å². The van der Waals surface area contributed by atoms with Crippen LogP contribution in [0.5, 0.6) is 0 Å². The van der Waals surface area contributed by atoms with Crippen molar-refractivity contribution in [3.05, 3.63) is 107 Å². The Labute approximate surface area is 208 Å². The number of H-pyrrole nitrogens is 1. The minimum atomic E-state index is -0.521. The van der Waals surface area contributed by atoms with E-state index < -0.39 is 5.92 Å². The maximum atomic E-state index is 13.9. The Balaban J connectivity index is 1.44. The molecule has 1 aromatic heterocycles. The number of carbonyl (C=O) groups is 2. The van der Waals surface area contributed by atoms with Gasteiger partial charge in [-0.15, -0.1) is 0 Å². The number of ketones is 1. The van der Waals surface area contributed by atoms with Crippen LogP contribution in [-0.2, 0) is 16.0 Å². The SMILES string of the molecule is CCOC(=O)c1ccc(C2C(=O)C3Cc4c([nH]c5ccccc45)C(c4ccccc4)N3C2=S)cc1. The summed E-state index contributed by atoms with van der Waals surface area (Å²) < 4.78 is 5.09. The molecule has 0 amide bonds. The molecule has 1 saturated heterocycles. The van der Waals surface area contributed by atoms with Crippen LogP contribution < -0.4 is 0 Å². The summed E-state index contributed by atoms with van der Waals surface area (Å²) in [7, 11) is 0. The highest BCUT2D eigenvalue weighted by atomic mass is 32.1. The van der Waals surface area contributed by atoms with Crippen LogP contribution >= 0.6 is 12.2 Å². The molecule has 3 unspecified atom stereocenters. The number of carbonyl (C=O) groups excluding carboxylic acids is 2. The van der Waals surface area contributed by atoms with Gasteiger partial charge in [0.1, 0.15) is 0 Å². The number of hydrogen-bond acceptors (Lipinski definition) is 4. The number of aromatic nitrogens is 1. The number of ether oxygens (including phenoxy) is 1. The second kappa shape index (κ2) is 8.47. The quantitative estimate of drug-likeness (QED) is 0.315. The lowest BCUT2D eigenvalue weighted by atomic mass is 9.87. The van der Waals surface area contributed by atoms with Crippen LogP contribution in [0, 0.1) is 0 Å². The summed E-state index contributed by atoms with van der Waals surface area (Å²) in [5.41, 5.74) is 5.73. The molecule has 0 radical (unpaired) electrons. The van der Waals surface area contributed by atoms with E-state index in [0.717, 1.165) is 27.7 Å². The summed E-state index contributed by atoms with van der Waals surface area (Å²) in [6.45, 7) is 2.10. The number of rotatable bonds is 4. The van der Waals surface area contributed by atoms with Crippen molar-refractivity contribution in [3.8, 4) is 0 Å². The van der Waals surface area contributed by atoms with E-state index in [2.05, 4.69) is 34.1 Å². The molecule has 6 rings (SSSR count). The molecule has 3 aromatic carbocycles. The monoisotopic (exact) mass is 480 g/mol. The van der Waals surface area contributed by atoms with E-state index in [1.807, 2.05) is 42.5 Å². The maximum absolute atomic E-state index is 13.9. The van der Waals surface area contributed by atoms with Crippen molar-refractivity contribution in [2.75, 3.05) is 6.61 Å². The van der Waals surface area contributed by atoms with Crippen molar-refractivity contribution < 1.29 is 14.3 Å². The molecule has 1 N–H and O–H groups in total. The zero-order valence-electron chi connectivity index (χ0n) is 19.2. The minimum absolute atomic E-state index is 0.107. The van der Waals surface area contributed by atoms with Crippen molar-refractivity contribution in [2.24, 2.45) is 0 Å². The molecule has 0 bridgehead atoms. The third-order valence-electron chi connectivity index (χ3n) is 7.12. The molecule has 4 aromatic rings. The van der Waals surface area contributed by atoms with E-state index in [-0.39, 0.29) is 23.8 Å². The third kappa shape index (κ3) is 3.40. The Bertz CT molecular complexity index is 1460. The molecule has 35 heavy (non-hydrogen) atoms. The zero-order valence-corrected chi connectivity index (χ0v) is 20.0. The standard InChI is InChI=1S/C29H24N2O3S/c1-2-34-29(33)19-14-12-17(13-15-19)24-27(32)23-16-21-20-10-6-7-11-22(20)30-25(21)26(31(23)28(24)35)18-8-4-3-5-9-18/h3-15,23-24,26,30H,2,16H2,1H3. The summed E-state index contributed by atoms with van der Waals surface area (Å²) in [5, 5.41) is 1.16. The van der Waals surface area contributed by atoms with E-state index in [1.54, 1.807) is 19.1 Å². The van der Waals surface area contributed by atoms with Crippen molar-refractivity contribution >= 4 is 39.9 Å². The topological polar surface area (TPSA) is 62.4 Å². The van der Waals surface area contributed by atoms with Crippen molar-refractivity contribution in [1.29, 1.82) is 0 Å². The molecular formula is C29H24N2O3S. The second-order valence-corrected chi connectivity index (χ2v) is 9.44. The lowest BCUT2D eigenvalue weighted by molar-refractivity contribution is -0.121. The number of hydrogen-bond donors (Lipinski definition) is 1. The Morgan fingerprint density at radius 1 is 1.00 bits per heavy atom. The van der Waals surface area contributed by atoms with Gasteiger partial charge in [0.25, 0.3) is 0 Å². The predicted molar refractivity (Wildman–Crippen MR) is 139 cm³/mol. The molecule has 5 nitrogen and oxygen atoms in total. The van der Waals surface area contributed by atoms with Crippen LogP contribution in [0.1, 0.15) is 51.6 Å². The summed E-state index contributed by atoms with van der Waals surface area (Å²) >= 11 is 6.01. The van der Waals surface area contributed by atoms with Gasteiger partial charge in [-0.1, -0.05) is 72.9 Å². The van der Waals surface area contributed by atoms with Gasteiger partial charge in [-0.05, 0) is 41.8 Å². The highest BCUT2D eigenvalue weighted by Gasteiger charge is 2.51. The summed E-state index contributed by atoms with van der Waals surface area (Å²) in [6, 6.07) is 25.1. The van der Waals surface area contributed by atoms with E-state index in [0.29, 0.717) is 23.6 Å². The number of nitrogens with one attached hydrogen (secondary N) is 1. The van der Waals surface area contributed by atoms with E-state index >= 15 is 0 Å². The van der Waals surface area contributed by atoms with E-state index in [4.69, 9.17) is 17.0 Å². The molecular weight excluding hydrogens is 456 g/mol. The highest BCUT2D eigenvalue weighted by Crippen LogP contribution is 2.47. The minimum Gasteiger partial charge on any atom is -0.462 e.